The molecule has 0 aliphatic carbocycles. The lowest BCUT2D eigenvalue weighted by atomic mass is 10.1. The van der Waals surface area contributed by atoms with Gasteiger partial charge in [0.15, 0.2) is 5.83 Å². The van der Waals surface area contributed by atoms with Gasteiger partial charge in [0.1, 0.15) is 17.5 Å². The van der Waals surface area contributed by atoms with Crippen molar-refractivity contribution in [1.29, 1.82) is 0 Å². The van der Waals surface area contributed by atoms with Crippen LogP contribution in [0.2, 0.25) is 10.0 Å². The van der Waals surface area contributed by atoms with Gasteiger partial charge in [0.05, 0.1) is 33.7 Å². The average molecular weight is 686 g/mol. The van der Waals surface area contributed by atoms with Gasteiger partial charge in [-0.1, -0.05) is 29.3 Å². The van der Waals surface area contributed by atoms with E-state index in [1.165, 1.54) is 18.5 Å². The van der Waals surface area contributed by atoms with E-state index in [2.05, 4.69) is 42.0 Å². The van der Waals surface area contributed by atoms with Crippen molar-refractivity contribution in [1.82, 2.24) is 24.4 Å². The molecule has 0 saturated carbocycles. The molecule has 0 bridgehead atoms. The number of halogens is 4. The first-order valence-electron chi connectivity index (χ1n) is 11.9. The highest BCUT2D eigenvalue weighted by Crippen LogP contribution is 2.37. The minimum absolute atomic E-state index is 0.234. The summed E-state index contributed by atoms with van der Waals surface area (Å²) in [5, 5.41) is 15.7. The molecular formula is C26H24Cl2FIN5O2P. The molecule has 1 aliphatic heterocycles. The third-order valence-corrected chi connectivity index (χ3v) is 8.82. The fourth-order valence-electron chi connectivity index (χ4n) is 4.50. The van der Waals surface area contributed by atoms with Crippen molar-refractivity contribution in [3.63, 3.8) is 0 Å². The fourth-order valence-corrected chi connectivity index (χ4v) is 6.70. The first kappa shape index (κ1) is 27.7. The molecule has 12 heteroatoms. The molecule has 38 heavy (non-hydrogen) atoms. The van der Waals surface area contributed by atoms with Gasteiger partial charge in [-0.15, -0.1) is 0 Å². The standard InChI is InChI=1S/C26H24Cl2FIN5O2P/c1-15(25-21(27)11-31-12-22(25)28)37-19-4-5-24-20(9-19)26(33-35(24)38-30)23(29)8-16-2-3-17(32-10-16)13-34-7-6-18(36)14-34/h2-5,8-12,15,18,36,38H,6-7,13-14H2,1H3/b23-8-. The lowest BCUT2D eigenvalue weighted by Crippen LogP contribution is -2.21. The SMILES string of the molecule is CC(Oc1ccc2c(c1)c(/C(F)=C/c1ccc(CN3CCC(O)C3)nc1)nn2PI)c1c(Cl)cncc1Cl. The summed E-state index contributed by atoms with van der Waals surface area (Å²) in [7, 11) is 0. The Bertz CT molecular complexity index is 1470. The Morgan fingerprint density at radius 1 is 1.26 bits per heavy atom. The summed E-state index contributed by atoms with van der Waals surface area (Å²) in [6.45, 7) is 4.00. The van der Waals surface area contributed by atoms with Crippen LogP contribution in [0.15, 0.2) is 48.9 Å². The van der Waals surface area contributed by atoms with Crippen LogP contribution in [0.5, 0.6) is 5.75 Å². The molecule has 1 N–H and O–H groups in total. The van der Waals surface area contributed by atoms with E-state index >= 15 is 4.39 Å². The normalized spacial score (nSPS) is 17.6. The van der Waals surface area contributed by atoms with Crippen LogP contribution in [-0.4, -0.2) is 48.7 Å². The maximum absolute atomic E-state index is 15.6. The van der Waals surface area contributed by atoms with Crippen LogP contribution in [-0.2, 0) is 6.54 Å². The number of pyridine rings is 2. The number of hydrogen-bond acceptors (Lipinski definition) is 6. The van der Waals surface area contributed by atoms with Gasteiger partial charge in [-0.2, -0.15) is 5.10 Å². The Balaban J connectivity index is 1.40. The number of aromatic nitrogens is 4. The number of nitrogens with zero attached hydrogens (tertiary/aromatic N) is 5. The highest BCUT2D eigenvalue weighted by molar-refractivity contribution is 14.2. The quantitative estimate of drug-likeness (QED) is 0.158. The largest absolute Gasteiger partial charge is 0.486 e. The van der Waals surface area contributed by atoms with Crippen molar-refractivity contribution >= 4 is 74.4 Å². The van der Waals surface area contributed by atoms with E-state index in [9.17, 15) is 5.11 Å². The zero-order valence-electron chi connectivity index (χ0n) is 20.3. The van der Waals surface area contributed by atoms with Gasteiger partial charge in [0.25, 0.3) is 0 Å². The second-order valence-electron chi connectivity index (χ2n) is 9.05. The van der Waals surface area contributed by atoms with Crippen LogP contribution in [0.3, 0.4) is 0 Å². The van der Waals surface area contributed by atoms with Gasteiger partial charge in [0.2, 0.25) is 0 Å². The van der Waals surface area contributed by atoms with Crippen LogP contribution in [0.25, 0.3) is 22.8 Å². The predicted octanol–water partition coefficient (Wildman–Crippen LogP) is 7.10. The number of fused-ring (bicyclic) bond motifs is 1. The number of likely N-dealkylation sites (tertiary alicyclic amines) is 1. The first-order chi connectivity index (χ1) is 18.3. The van der Waals surface area contributed by atoms with E-state index in [-0.39, 0.29) is 11.8 Å². The van der Waals surface area contributed by atoms with Crippen LogP contribution in [0, 0.1) is 0 Å². The third-order valence-electron chi connectivity index (χ3n) is 6.34. The van der Waals surface area contributed by atoms with Crippen LogP contribution < -0.4 is 4.74 Å². The molecule has 1 aliphatic rings. The highest BCUT2D eigenvalue weighted by atomic mass is 127. The van der Waals surface area contributed by atoms with E-state index in [1.54, 1.807) is 16.7 Å². The number of aliphatic hydroxyl groups excluding tert-OH is 1. The summed E-state index contributed by atoms with van der Waals surface area (Å²) in [4.78, 5) is 10.6. The van der Waals surface area contributed by atoms with Crippen LogP contribution in [0.1, 0.15) is 42.0 Å². The summed E-state index contributed by atoms with van der Waals surface area (Å²) in [5.41, 5.74) is 3.18. The van der Waals surface area contributed by atoms with Gasteiger partial charge in [-0.25, -0.2) is 8.84 Å². The van der Waals surface area contributed by atoms with E-state index < -0.39 is 11.9 Å². The minimum Gasteiger partial charge on any atom is -0.486 e. The molecule has 3 aromatic heterocycles. The molecule has 4 heterocycles. The molecular weight excluding hydrogens is 662 g/mol. The zero-order valence-corrected chi connectivity index (χ0v) is 25.0. The Hall–Kier alpha value is -1.88. The van der Waals surface area contributed by atoms with Crippen molar-refractivity contribution in [2.45, 2.75) is 32.1 Å². The molecule has 1 fully saturated rings. The van der Waals surface area contributed by atoms with Crippen molar-refractivity contribution in [3.8, 4) is 5.75 Å². The van der Waals surface area contributed by atoms with E-state index in [4.69, 9.17) is 27.9 Å². The second-order valence-corrected chi connectivity index (χ2v) is 11.9. The molecule has 1 saturated heterocycles. The van der Waals surface area contributed by atoms with E-state index in [0.717, 1.165) is 24.2 Å². The molecule has 4 aromatic rings. The molecule has 0 spiro atoms. The smallest absolute Gasteiger partial charge is 0.151 e. The summed E-state index contributed by atoms with van der Waals surface area (Å²) in [5.74, 6) is 0.0726. The zero-order chi connectivity index (χ0) is 26.8. The maximum atomic E-state index is 15.6. The first-order valence-corrected chi connectivity index (χ1v) is 16.7. The Labute approximate surface area is 244 Å². The summed E-state index contributed by atoms with van der Waals surface area (Å²) >= 11 is 14.8. The van der Waals surface area contributed by atoms with Gasteiger partial charge in [0, 0.05) is 49.2 Å². The maximum Gasteiger partial charge on any atom is 0.151 e. The van der Waals surface area contributed by atoms with E-state index in [0.29, 0.717) is 51.8 Å². The molecule has 198 valence electrons. The predicted molar refractivity (Wildman–Crippen MR) is 160 cm³/mol. The summed E-state index contributed by atoms with van der Waals surface area (Å²) in [6.07, 6.45) is 6.48. The Kier molecular flexibility index (Phi) is 8.82. The van der Waals surface area contributed by atoms with Gasteiger partial charge in [-0.3, -0.25) is 14.9 Å². The Morgan fingerprint density at radius 3 is 2.71 bits per heavy atom. The van der Waals surface area contributed by atoms with Crippen molar-refractivity contribution in [2.75, 3.05) is 13.1 Å². The molecule has 3 unspecified atom stereocenters. The van der Waals surface area contributed by atoms with Crippen LogP contribution >= 0.6 is 51.6 Å². The number of benzene rings is 1. The Morgan fingerprint density at radius 2 is 2.05 bits per heavy atom. The minimum atomic E-state index is -0.467. The molecule has 1 aromatic carbocycles. The number of aliphatic hydroxyl groups is 1. The second kappa shape index (κ2) is 12.1. The lowest BCUT2D eigenvalue weighted by Gasteiger charge is -2.17. The molecule has 5 rings (SSSR count). The fraction of sp³-hybridized carbons (Fsp3) is 0.269. The molecule has 0 amide bonds. The number of β-amino-alcohol motifs (C(OH)–C–C–N with tert-alkyl or cyclic N) is 1. The number of hydrogen-bond donors (Lipinski definition) is 1. The number of rotatable bonds is 8. The number of ether oxygens (including phenoxy) is 1. The lowest BCUT2D eigenvalue weighted by molar-refractivity contribution is 0.174. The summed E-state index contributed by atoms with van der Waals surface area (Å²) < 4.78 is 23.5. The van der Waals surface area contributed by atoms with Gasteiger partial charge < -0.3 is 9.84 Å². The van der Waals surface area contributed by atoms with Crippen molar-refractivity contribution in [2.24, 2.45) is 0 Å². The monoisotopic (exact) mass is 685 g/mol. The van der Waals surface area contributed by atoms with Crippen molar-refractivity contribution < 1.29 is 14.2 Å². The van der Waals surface area contributed by atoms with Crippen molar-refractivity contribution in [3.05, 3.63) is 81.5 Å². The molecule has 3 atom stereocenters. The highest BCUT2D eigenvalue weighted by Gasteiger charge is 2.21. The topological polar surface area (TPSA) is 76.3 Å². The van der Waals surface area contributed by atoms with E-state index in [1.807, 2.05) is 31.2 Å². The third kappa shape index (κ3) is 6.13. The van der Waals surface area contributed by atoms with Crippen LogP contribution in [0.4, 0.5) is 4.39 Å². The average Bonchev–Trinajstić information content (AvgIpc) is 3.47. The van der Waals surface area contributed by atoms with Gasteiger partial charge >= 0.3 is 0 Å². The molecule has 7 nitrogen and oxygen atoms in total. The van der Waals surface area contributed by atoms with Gasteiger partial charge in [-0.05, 0) is 71.3 Å². The summed E-state index contributed by atoms with van der Waals surface area (Å²) in [6, 6.07) is 9.20. The molecule has 0 radical (unpaired) electrons.